The molecule has 0 N–H and O–H groups in total. The van der Waals surface area contributed by atoms with E-state index in [-0.39, 0.29) is 11.7 Å². The number of rotatable bonds is 2. The van der Waals surface area contributed by atoms with Crippen molar-refractivity contribution in [3.05, 3.63) is 30.3 Å². The van der Waals surface area contributed by atoms with Crippen molar-refractivity contribution in [3.63, 3.8) is 0 Å². The van der Waals surface area contributed by atoms with Crippen molar-refractivity contribution < 1.29 is 9.59 Å². The molecule has 4 nitrogen and oxygen atoms in total. The first kappa shape index (κ1) is 14.4. The molecule has 1 amide bonds. The molecule has 1 heterocycles. The molecule has 0 spiro atoms. The Morgan fingerprint density at radius 1 is 1.20 bits per heavy atom. The molecule has 1 aromatic rings. The largest absolute Gasteiger partial charge is 0.298 e. The molecule has 0 aliphatic carbocycles. The van der Waals surface area contributed by atoms with E-state index in [0.717, 1.165) is 0 Å². The Hall–Kier alpha value is -1.97. The summed E-state index contributed by atoms with van der Waals surface area (Å²) in [4.78, 5) is 25.2. The smallest absolute Gasteiger partial charge is 0.267 e. The molecule has 0 bridgehead atoms. The molecular weight excluding hydrogens is 252 g/mol. The fraction of sp³-hybridized carbons (Fsp3) is 0.438. The standard InChI is InChI=1S/C16H20N2O2/c1-11-16(12(2)19,15(3,4)5)14(20)18(17-11)13-9-7-6-8-10-13/h6-10H,1-5H3. The van der Waals surface area contributed by atoms with Crippen molar-refractivity contribution in [2.75, 3.05) is 5.01 Å². The maximum absolute atomic E-state index is 12.9. The number of anilines is 1. The highest BCUT2D eigenvalue weighted by molar-refractivity contribution is 6.31. The number of nitrogens with zero attached hydrogens (tertiary/aromatic N) is 2. The number of benzene rings is 1. The predicted molar refractivity (Wildman–Crippen MR) is 79.6 cm³/mol. The Morgan fingerprint density at radius 2 is 1.75 bits per heavy atom. The number of amides is 1. The summed E-state index contributed by atoms with van der Waals surface area (Å²) in [7, 11) is 0. The van der Waals surface area contributed by atoms with Crippen LogP contribution in [0, 0.1) is 10.8 Å². The summed E-state index contributed by atoms with van der Waals surface area (Å²) < 4.78 is 0. The molecule has 106 valence electrons. The molecule has 1 unspecified atom stereocenters. The van der Waals surface area contributed by atoms with Crippen molar-refractivity contribution in [3.8, 4) is 0 Å². The minimum Gasteiger partial charge on any atom is -0.298 e. The second kappa shape index (κ2) is 4.54. The van der Waals surface area contributed by atoms with Crippen LogP contribution < -0.4 is 5.01 Å². The van der Waals surface area contributed by atoms with Crippen LogP contribution in [0.4, 0.5) is 5.69 Å². The fourth-order valence-corrected chi connectivity index (χ4v) is 3.13. The third-order valence-corrected chi connectivity index (χ3v) is 3.96. The second-order valence-corrected chi connectivity index (χ2v) is 6.19. The first-order chi connectivity index (χ1) is 9.23. The zero-order chi connectivity index (χ0) is 15.1. The molecule has 0 aromatic heterocycles. The third kappa shape index (κ3) is 1.79. The van der Waals surface area contributed by atoms with Crippen molar-refractivity contribution in [2.24, 2.45) is 15.9 Å². The summed E-state index contributed by atoms with van der Waals surface area (Å²) in [6, 6.07) is 9.19. The Morgan fingerprint density at radius 3 is 2.15 bits per heavy atom. The molecule has 1 aliphatic rings. The summed E-state index contributed by atoms with van der Waals surface area (Å²) in [5.41, 5.74) is -0.453. The molecule has 1 aliphatic heterocycles. The average Bonchev–Trinajstić information content (AvgIpc) is 2.62. The molecule has 0 saturated heterocycles. The van der Waals surface area contributed by atoms with Crippen LogP contribution in [0.15, 0.2) is 35.4 Å². The van der Waals surface area contributed by atoms with Gasteiger partial charge in [-0.25, -0.2) is 0 Å². The maximum Gasteiger partial charge on any atom is 0.267 e. The minimum atomic E-state index is -1.18. The van der Waals surface area contributed by atoms with E-state index in [4.69, 9.17) is 0 Å². The number of carbonyl (C=O) groups is 2. The van der Waals surface area contributed by atoms with Crippen molar-refractivity contribution in [2.45, 2.75) is 34.6 Å². The number of Topliss-reactive ketones (excluding diaryl/α,β-unsaturated/α-hetero) is 1. The summed E-state index contributed by atoms with van der Waals surface area (Å²) in [5.74, 6) is -0.420. The van der Waals surface area contributed by atoms with Crippen LogP contribution in [0.1, 0.15) is 34.6 Å². The van der Waals surface area contributed by atoms with Gasteiger partial charge in [-0.15, -0.1) is 0 Å². The molecule has 2 rings (SSSR count). The van der Waals surface area contributed by atoms with E-state index in [2.05, 4.69) is 5.10 Å². The first-order valence-corrected chi connectivity index (χ1v) is 6.69. The molecule has 0 fully saturated rings. The quantitative estimate of drug-likeness (QED) is 0.777. The Kier molecular flexibility index (Phi) is 3.28. The summed E-state index contributed by atoms with van der Waals surface area (Å²) >= 11 is 0. The van der Waals surface area contributed by atoms with Gasteiger partial charge >= 0.3 is 0 Å². The topological polar surface area (TPSA) is 49.7 Å². The molecule has 0 radical (unpaired) electrons. The van der Waals surface area contributed by atoms with Crippen LogP contribution in [0.25, 0.3) is 0 Å². The van der Waals surface area contributed by atoms with E-state index in [0.29, 0.717) is 11.4 Å². The zero-order valence-corrected chi connectivity index (χ0v) is 12.6. The number of hydrogen-bond donors (Lipinski definition) is 0. The highest BCUT2D eigenvalue weighted by Gasteiger charge is 2.60. The number of hydrogen-bond acceptors (Lipinski definition) is 3. The molecule has 20 heavy (non-hydrogen) atoms. The van der Waals surface area contributed by atoms with Crippen LogP contribution in [-0.2, 0) is 9.59 Å². The Labute approximate surface area is 119 Å². The van der Waals surface area contributed by atoms with Crippen molar-refractivity contribution in [1.82, 2.24) is 0 Å². The lowest BCUT2D eigenvalue weighted by molar-refractivity contribution is -0.139. The average molecular weight is 272 g/mol. The van der Waals surface area contributed by atoms with Gasteiger partial charge in [0.05, 0.1) is 11.4 Å². The number of carbonyl (C=O) groups excluding carboxylic acids is 2. The van der Waals surface area contributed by atoms with Crippen LogP contribution in [0.2, 0.25) is 0 Å². The monoisotopic (exact) mass is 272 g/mol. The third-order valence-electron chi connectivity index (χ3n) is 3.96. The molecule has 0 saturated carbocycles. The van der Waals surface area contributed by atoms with Gasteiger partial charge in [0.1, 0.15) is 0 Å². The lowest BCUT2D eigenvalue weighted by atomic mass is 9.61. The summed E-state index contributed by atoms with van der Waals surface area (Å²) in [6.07, 6.45) is 0. The summed E-state index contributed by atoms with van der Waals surface area (Å²) in [6.45, 7) is 8.93. The van der Waals surface area contributed by atoms with Crippen molar-refractivity contribution >= 4 is 23.1 Å². The number of ketones is 1. The number of para-hydroxylation sites is 1. The number of hydrazone groups is 1. The van der Waals surface area contributed by atoms with Gasteiger partial charge in [-0.3, -0.25) is 9.59 Å². The fourth-order valence-electron chi connectivity index (χ4n) is 3.13. The second-order valence-electron chi connectivity index (χ2n) is 6.19. The highest BCUT2D eigenvalue weighted by Crippen LogP contribution is 2.46. The predicted octanol–water partition coefficient (Wildman–Crippen LogP) is 3.03. The Bertz CT molecular complexity index is 584. The van der Waals surface area contributed by atoms with Gasteiger partial charge in [0.25, 0.3) is 5.91 Å². The normalized spacial score (nSPS) is 22.9. The molecule has 4 heteroatoms. The molecule has 1 atom stereocenters. The summed E-state index contributed by atoms with van der Waals surface area (Å²) in [5, 5.41) is 5.71. The van der Waals surface area contributed by atoms with Gasteiger partial charge < -0.3 is 0 Å². The lowest BCUT2D eigenvalue weighted by Gasteiger charge is -2.37. The van der Waals surface area contributed by atoms with Crippen LogP contribution in [0.3, 0.4) is 0 Å². The van der Waals surface area contributed by atoms with E-state index >= 15 is 0 Å². The van der Waals surface area contributed by atoms with E-state index in [9.17, 15) is 9.59 Å². The van der Waals surface area contributed by atoms with Crippen LogP contribution >= 0.6 is 0 Å². The first-order valence-electron chi connectivity index (χ1n) is 6.69. The van der Waals surface area contributed by atoms with E-state index in [1.54, 1.807) is 6.92 Å². The highest BCUT2D eigenvalue weighted by atomic mass is 16.2. The van der Waals surface area contributed by atoms with Gasteiger partial charge in [0, 0.05) is 0 Å². The van der Waals surface area contributed by atoms with Crippen molar-refractivity contribution in [1.29, 1.82) is 0 Å². The SMILES string of the molecule is CC(=O)C1(C(C)(C)C)C(=O)N(c2ccccc2)N=C1C. The van der Waals surface area contributed by atoms with E-state index < -0.39 is 10.8 Å². The Balaban J connectivity index is 2.58. The van der Waals surface area contributed by atoms with Gasteiger partial charge in [-0.2, -0.15) is 10.1 Å². The molecular formula is C16H20N2O2. The van der Waals surface area contributed by atoms with Crippen LogP contribution in [0.5, 0.6) is 0 Å². The lowest BCUT2D eigenvalue weighted by Crippen LogP contribution is -2.53. The van der Waals surface area contributed by atoms with E-state index in [1.165, 1.54) is 11.9 Å². The van der Waals surface area contributed by atoms with Gasteiger partial charge in [-0.1, -0.05) is 39.0 Å². The van der Waals surface area contributed by atoms with Gasteiger partial charge in [0.15, 0.2) is 11.2 Å². The van der Waals surface area contributed by atoms with E-state index in [1.807, 2.05) is 51.1 Å². The van der Waals surface area contributed by atoms with Gasteiger partial charge in [-0.05, 0) is 31.4 Å². The van der Waals surface area contributed by atoms with Crippen LogP contribution in [-0.4, -0.2) is 17.4 Å². The zero-order valence-electron chi connectivity index (χ0n) is 12.6. The maximum atomic E-state index is 12.9. The van der Waals surface area contributed by atoms with Gasteiger partial charge in [0.2, 0.25) is 0 Å². The minimum absolute atomic E-state index is 0.158. The molecule has 1 aromatic carbocycles.